The predicted octanol–water partition coefficient (Wildman–Crippen LogP) is 0.885. The number of carbonyl (C=O) groups excluding carboxylic acids is 1. The van der Waals surface area contributed by atoms with Crippen molar-refractivity contribution in [3.63, 3.8) is 0 Å². The summed E-state index contributed by atoms with van der Waals surface area (Å²) in [6.07, 6.45) is 1.38. The third-order valence-corrected chi connectivity index (χ3v) is 3.05. The number of carbonyl (C=O) groups is 1. The summed E-state index contributed by atoms with van der Waals surface area (Å²) in [5, 5.41) is 12.6. The molecular formula is C14H19NO3. The quantitative estimate of drug-likeness (QED) is 0.814. The molecule has 0 spiro atoms. The van der Waals surface area contributed by atoms with E-state index in [-0.39, 0.29) is 18.6 Å². The second-order valence-corrected chi connectivity index (χ2v) is 4.59. The first-order valence-corrected chi connectivity index (χ1v) is 6.37. The molecule has 1 fully saturated rings. The van der Waals surface area contributed by atoms with Gasteiger partial charge in [-0.15, -0.1) is 0 Å². The topological polar surface area (TPSA) is 58.6 Å². The minimum atomic E-state index is -0.558. The highest BCUT2D eigenvalue weighted by Crippen LogP contribution is 2.11. The molecule has 4 heteroatoms. The van der Waals surface area contributed by atoms with Crippen LogP contribution >= 0.6 is 0 Å². The van der Waals surface area contributed by atoms with E-state index in [0.717, 1.165) is 18.4 Å². The molecule has 2 rings (SSSR count). The maximum absolute atomic E-state index is 11.7. The van der Waals surface area contributed by atoms with E-state index in [9.17, 15) is 9.90 Å². The molecule has 1 saturated heterocycles. The number of nitrogens with one attached hydrogen (secondary N) is 1. The molecule has 2 unspecified atom stereocenters. The Labute approximate surface area is 107 Å². The Morgan fingerprint density at radius 3 is 2.89 bits per heavy atom. The van der Waals surface area contributed by atoms with Crippen LogP contribution < -0.4 is 5.32 Å². The summed E-state index contributed by atoms with van der Waals surface area (Å²) in [7, 11) is 0. The summed E-state index contributed by atoms with van der Waals surface area (Å²) < 4.78 is 5.27. The van der Waals surface area contributed by atoms with Crippen LogP contribution in [-0.2, 0) is 16.0 Å². The van der Waals surface area contributed by atoms with Crippen molar-refractivity contribution in [1.82, 2.24) is 5.32 Å². The molecule has 18 heavy (non-hydrogen) atoms. The molecule has 0 radical (unpaired) electrons. The molecule has 1 aromatic carbocycles. The highest BCUT2D eigenvalue weighted by molar-refractivity contribution is 5.80. The second-order valence-electron chi connectivity index (χ2n) is 4.59. The average Bonchev–Trinajstić information content (AvgIpc) is 2.91. The van der Waals surface area contributed by atoms with Gasteiger partial charge in [-0.05, 0) is 18.4 Å². The first-order valence-electron chi connectivity index (χ1n) is 6.37. The summed E-state index contributed by atoms with van der Waals surface area (Å²) in [4.78, 5) is 11.7. The van der Waals surface area contributed by atoms with E-state index in [0.29, 0.717) is 13.0 Å². The molecule has 98 valence electrons. The summed E-state index contributed by atoms with van der Waals surface area (Å²) in [5.74, 6) is -0.111. The minimum absolute atomic E-state index is 0.111. The maximum Gasteiger partial charge on any atom is 0.249 e. The van der Waals surface area contributed by atoms with E-state index in [1.54, 1.807) is 0 Å². The van der Waals surface area contributed by atoms with E-state index >= 15 is 0 Å². The Morgan fingerprint density at radius 1 is 1.44 bits per heavy atom. The summed E-state index contributed by atoms with van der Waals surface area (Å²) in [6, 6.07) is 9.74. The summed E-state index contributed by atoms with van der Waals surface area (Å²) in [5.41, 5.74) is 1.07. The molecule has 4 nitrogen and oxygen atoms in total. The predicted molar refractivity (Wildman–Crippen MR) is 68.1 cm³/mol. The van der Waals surface area contributed by atoms with E-state index in [1.807, 2.05) is 30.3 Å². The van der Waals surface area contributed by atoms with Crippen LogP contribution in [-0.4, -0.2) is 36.4 Å². The standard InChI is InChI=1S/C14H19NO3/c16-12(9-11-5-2-1-3-6-11)10-15-14(17)13-7-4-8-18-13/h1-3,5-6,12-13,16H,4,7-10H2,(H,15,17). The van der Waals surface area contributed by atoms with Gasteiger partial charge in [0.25, 0.3) is 0 Å². The molecule has 2 atom stereocenters. The zero-order valence-electron chi connectivity index (χ0n) is 10.3. The fourth-order valence-electron chi connectivity index (χ4n) is 2.08. The number of aliphatic hydroxyl groups excluding tert-OH is 1. The van der Waals surface area contributed by atoms with Gasteiger partial charge in [0, 0.05) is 19.6 Å². The van der Waals surface area contributed by atoms with Crippen molar-refractivity contribution in [3.8, 4) is 0 Å². The van der Waals surface area contributed by atoms with Crippen LogP contribution in [0.15, 0.2) is 30.3 Å². The number of benzene rings is 1. The number of rotatable bonds is 5. The van der Waals surface area contributed by atoms with E-state index < -0.39 is 6.10 Å². The van der Waals surface area contributed by atoms with Crippen LogP contribution in [0.3, 0.4) is 0 Å². The largest absolute Gasteiger partial charge is 0.391 e. The lowest BCUT2D eigenvalue weighted by atomic mass is 10.1. The van der Waals surface area contributed by atoms with Gasteiger partial charge in [0.15, 0.2) is 0 Å². The summed E-state index contributed by atoms with van der Waals surface area (Å²) >= 11 is 0. The minimum Gasteiger partial charge on any atom is -0.391 e. The van der Waals surface area contributed by atoms with Gasteiger partial charge in [-0.25, -0.2) is 0 Å². The second kappa shape index (κ2) is 6.52. The van der Waals surface area contributed by atoms with Crippen molar-refractivity contribution in [1.29, 1.82) is 0 Å². The van der Waals surface area contributed by atoms with Crippen LogP contribution in [0.25, 0.3) is 0 Å². The molecule has 0 aliphatic carbocycles. The van der Waals surface area contributed by atoms with Gasteiger partial charge >= 0.3 is 0 Å². The number of hydrogen-bond acceptors (Lipinski definition) is 3. The zero-order valence-corrected chi connectivity index (χ0v) is 10.3. The monoisotopic (exact) mass is 249 g/mol. The average molecular weight is 249 g/mol. The SMILES string of the molecule is O=C(NCC(O)Cc1ccccc1)C1CCCO1. The Balaban J connectivity index is 1.71. The van der Waals surface area contributed by atoms with Gasteiger partial charge in [-0.3, -0.25) is 4.79 Å². The van der Waals surface area contributed by atoms with Gasteiger partial charge in [-0.2, -0.15) is 0 Å². The van der Waals surface area contributed by atoms with E-state index in [4.69, 9.17) is 4.74 Å². The molecule has 0 saturated carbocycles. The van der Waals surface area contributed by atoms with Crippen LogP contribution in [0.2, 0.25) is 0 Å². The molecule has 0 aromatic heterocycles. The number of hydrogen-bond donors (Lipinski definition) is 2. The van der Waals surface area contributed by atoms with Crippen molar-refractivity contribution in [2.75, 3.05) is 13.2 Å². The smallest absolute Gasteiger partial charge is 0.249 e. The molecule has 0 bridgehead atoms. The highest BCUT2D eigenvalue weighted by atomic mass is 16.5. The van der Waals surface area contributed by atoms with E-state index in [1.165, 1.54) is 0 Å². The Kier molecular flexibility index (Phi) is 4.73. The molecule has 1 aliphatic rings. The molecule has 1 amide bonds. The van der Waals surface area contributed by atoms with Gasteiger partial charge < -0.3 is 15.2 Å². The zero-order chi connectivity index (χ0) is 12.8. The lowest BCUT2D eigenvalue weighted by Gasteiger charge is -2.14. The molecular weight excluding hydrogens is 230 g/mol. The van der Waals surface area contributed by atoms with Crippen LogP contribution in [0.4, 0.5) is 0 Å². The molecule has 2 N–H and O–H groups in total. The normalized spacial score (nSPS) is 20.6. The number of amides is 1. The number of aliphatic hydroxyl groups is 1. The van der Waals surface area contributed by atoms with Crippen molar-refractivity contribution < 1.29 is 14.6 Å². The van der Waals surface area contributed by atoms with E-state index in [2.05, 4.69) is 5.32 Å². The Morgan fingerprint density at radius 2 is 2.22 bits per heavy atom. The number of ether oxygens (including phenoxy) is 1. The van der Waals surface area contributed by atoms with Crippen LogP contribution in [0, 0.1) is 0 Å². The third-order valence-electron chi connectivity index (χ3n) is 3.05. The first-order chi connectivity index (χ1) is 8.75. The van der Waals surface area contributed by atoms with Crippen molar-refractivity contribution >= 4 is 5.91 Å². The van der Waals surface area contributed by atoms with Gasteiger partial charge in [0.1, 0.15) is 6.10 Å². The van der Waals surface area contributed by atoms with Crippen molar-refractivity contribution in [2.24, 2.45) is 0 Å². The molecule has 1 aromatic rings. The Hall–Kier alpha value is -1.39. The molecule has 1 aliphatic heterocycles. The van der Waals surface area contributed by atoms with Crippen LogP contribution in [0.5, 0.6) is 0 Å². The molecule has 1 heterocycles. The Bertz CT molecular complexity index is 374. The van der Waals surface area contributed by atoms with Gasteiger partial charge in [0.2, 0.25) is 5.91 Å². The fraction of sp³-hybridized carbons (Fsp3) is 0.500. The highest BCUT2D eigenvalue weighted by Gasteiger charge is 2.23. The van der Waals surface area contributed by atoms with Gasteiger partial charge in [0.05, 0.1) is 6.10 Å². The lowest BCUT2D eigenvalue weighted by Crippen LogP contribution is -2.39. The van der Waals surface area contributed by atoms with Crippen LogP contribution in [0.1, 0.15) is 18.4 Å². The summed E-state index contributed by atoms with van der Waals surface area (Å²) in [6.45, 7) is 0.929. The van der Waals surface area contributed by atoms with Crippen molar-refractivity contribution in [2.45, 2.75) is 31.5 Å². The maximum atomic E-state index is 11.7. The fourth-order valence-corrected chi connectivity index (χ4v) is 2.08. The van der Waals surface area contributed by atoms with Gasteiger partial charge in [-0.1, -0.05) is 30.3 Å². The first kappa shape index (κ1) is 13.1. The third kappa shape index (κ3) is 3.82. The van der Waals surface area contributed by atoms with Crippen molar-refractivity contribution in [3.05, 3.63) is 35.9 Å². The lowest BCUT2D eigenvalue weighted by molar-refractivity contribution is -0.130.